The first-order valence-electron chi connectivity index (χ1n) is 13.7. The van der Waals surface area contributed by atoms with Gasteiger partial charge in [0.15, 0.2) is 0 Å². The van der Waals surface area contributed by atoms with Crippen LogP contribution in [0.5, 0.6) is 5.75 Å². The number of methoxy groups -OCH3 is 1. The van der Waals surface area contributed by atoms with Crippen molar-refractivity contribution >= 4 is 24.0 Å². The number of nitrogens with one attached hydrogen (secondary N) is 1. The van der Waals surface area contributed by atoms with Crippen molar-refractivity contribution in [3.8, 4) is 5.75 Å². The Morgan fingerprint density at radius 3 is 2.16 bits per heavy atom. The third kappa shape index (κ3) is 6.45. The van der Waals surface area contributed by atoms with Crippen molar-refractivity contribution < 1.29 is 13.8 Å². The van der Waals surface area contributed by atoms with Gasteiger partial charge in [-0.25, -0.2) is 0 Å². The monoisotopic (exact) mass is 534 g/mol. The lowest BCUT2D eigenvalue weighted by Crippen LogP contribution is -2.35. The Labute approximate surface area is 229 Å². The maximum absolute atomic E-state index is 15.6. The molecule has 4 rings (SSSR count). The van der Waals surface area contributed by atoms with Gasteiger partial charge in [-0.15, -0.1) is 0 Å². The average Bonchev–Trinajstić information content (AvgIpc) is 2.92. The predicted molar refractivity (Wildman–Crippen MR) is 160 cm³/mol. The van der Waals surface area contributed by atoms with Crippen LogP contribution in [0.2, 0.25) is 0 Å². The van der Waals surface area contributed by atoms with Gasteiger partial charge in [-0.2, -0.15) is 0 Å². The normalized spacial score (nSPS) is 21.9. The second-order valence-electron chi connectivity index (χ2n) is 11.2. The third-order valence-corrected chi connectivity index (χ3v) is 10.5. The summed E-state index contributed by atoms with van der Waals surface area (Å²) in [6.07, 6.45) is 3.14. The number of para-hydroxylation sites is 1. The Bertz CT molecular complexity index is 1200. The fraction of sp³-hybridized carbons (Fsp3) is 0.438. The lowest BCUT2D eigenvalue weighted by molar-refractivity contribution is 0.0489. The molecule has 0 saturated heterocycles. The number of ether oxygens (including phenoxy) is 1. The highest BCUT2D eigenvalue weighted by Crippen LogP contribution is 2.61. The Morgan fingerprint density at radius 2 is 1.58 bits per heavy atom. The molecule has 0 amide bonds. The topological polar surface area (TPSA) is 50.8 Å². The molecule has 3 aromatic carbocycles. The van der Waals surface area contributed by atoms with Gasteiger partial charge in [-0.1, -0.05) is 57.5 Å². The van der Waals surface area contributed by atoms with E-state index in [1.165, 1.54) is 6.42 Å². The molecule has 1 fully saturated rings. The zero-order valence-corrected chi connectivity index (χ0v) is 24.5. The Balaban J connectivity index is 1.85. The molecule has 0 radical (unpaired) electrons. The molecule has 1 aliphatic rings. The van der Waals surface area contributed by atoms with Crippen LogP contribution in [-0.4, -0.2) is 27.3 Å². The van der Waals surface area contributed by atoms with Crippen LogP contribution < -0.4 is 20.3 Å². The number of anilines is 2. The van der Waals surface area contributed by atoms with Crippen molar-refractivity contribution in [2.75, 3.05) is 31.4 Å². The zero-order chi connectivity index (χ0) is 27.3. The lowest BCUT2D eigenvalue weighted by atomic mass is 9.75. The molecular formula is C32H43N2O3P. The van der Waals surface area contributed by atoms with Crippen LogP contribution in [0.25, 0.3) is 0 Å². The summed E-state index contributed by atoms with van der Waals surface area (Å²) in [6, 6.07) is 25.8. The largest absolute Gasteiger partial charge is 0.497 e. The second-order valence-corrected chi connectivity index (χ2v) is 13.6. The van der Waals surface area contributed by atoms with E-state index in [1.54, 1.807) is 7.11 Å². The van der Waals surface area contributed by atoms with Gasteiger partial charge in [0, 0.05) is 30.8 Å². The predicted octanol–water partition coefficient (Wildman–Crippen LogP) is 7.95. The molecule has 0 unspecified atom stereocenters. The van der Waals surface area contributed by atoms with Crippen molar-refractivity contribution in [1.82, 2.24) is 0 Å². The Morgan fingerprint density at radius 1 is 0.921 bits per heavy atom. The summed E-state index contributed by atoms with van der Waals surface area (Å²) in [6.45, 7) is 6.81. The van der Waals surface area contributed by atoms with Gasteiger partial charge in [0.05, 0.1) is 13.2 Å². The third-order valence-electron chi connectivity index (χ3n) is 7.83. The summed E-state index contributed by atoms with van der Waals surface area (Å²) >= 11 is 0. The highest BCUT2D eigenvalue weighted by Gasteiger charge is 2.43. The van der Waals surface area contributed by atoms with Gasteiger partial charge in [0.1, 0.15) is 11.5 Å². The molecule has 38 heavy (non-hydrogen) atoms. The first kappa shape index (κ1) is 28.3. The van der Waals surface area contributed by atoms with Crippen LogP contribution in [0.3, 0.4) is 0 Å². The quantitative estimate of drug-likeness (QED) is 0.268. The van der Waals surface area contributed by atoms with E-state index in [-0.39, 0.29) is 6.10 Å². The van der Waals surface area contributed by atoms with Crippen LogP contribution in [0.4, 0.5) is 11.4 Å². The summed E-state index contributed by atoms with van der Waals surface area (Å²) in [4.78, 5) is 2.05. The van der Waals surface area contributed by atoms with E-state index in [2.05, 4.69) is 31.0 Å². The van der Waals surface area contributed by atoms with E-state index >= 15 is 4.57 Å². The Kier molecular flexibility index (Phi) is 9.23. The van der Waals surface area contributed by atoms with Crippen LogP contribution in [0.1, 0.15) is 51.4 Å². The molecular weight excluding hydrogens is 491 g/mol. The van der Waals surface area contributed by atoms with Crippen molar-refractivity contribution in [3.63, 3.8) is 0 Å². The van der Waals surface area contributed by atoms with Gasteiger partial charge in [-0.3, -0.25) is 4.57 Å². The summed E-state index contributed by atoms with van der Waals surface area (Å²) in [5, 5.41) is 4.34. The van der Waals surface area contributed by atoms with Gasteiger partial charge in [-0.05, 0) is 84.7 Å². The fourth-order valence-corrected chi connectivity index (χ4v) is 8.14. The maximum atomic E-state index is 15.6. The van der Waals surface area contributed by atoms with Crippen molar-refractivity contribution in [2.24, 2.45) is 17.8 Å². The molecule has 0 aromatic heterocycles. The number of nitrogens with zero attached hydrogens (tertiary/aromatic N) is 1. The van der Waals surface area contributed by atoms with Crippen LogP contribution >= 0.6 is 7.37 Å². The van der Waals surface area contributed by atoms with E-state index < -0.39 is 13.2 Å². The molecule has 0 heterocycles. The standard InChI is InChI=1S/C32H43N2O3P/c1-23(2)30-21-12-24(3)22-31(30)37-38(35,29-19-15-27(16-20-29)34(4)5)32(33-26-10-8-7-9-11-26)25-13-17-28(36-6)18-14-25/h7-11,13-20,23-24,30-33H,12,21-22H2,1-6H3/t24-,30+,31-,32+,38+/m1/s1. The van der Waals surface area contributed by atoms with Crippen LogP contribution in [0.15, 0.2) is 78.9 Å². The molecule has 3 aromatic rings. The summed E-state index contributed by atoms with van der Waals surface area (Å²) in [5.74, 6) is 1.57. The van der Waals surface area contributed by atoms with Crippen molar-refractivity contribution in [1.29, 1.82) is 0 Å². The van der Waals surface area contributed by atoms with Gasteiger partial charge >= 0.3 is 0 Å². The van der Waals surface area contributed by atoms with Gasteiger partial charge < -0.3 is 19.5 Å². The first-order chi connectivity index (χ1) is 18.2. The van der Waals surface area contributed by atoms with E-state index in [9.17, 15) is 0 Å². The first-order valence-corrected chi connectivity index (χ1v) is 15.4. The van der Waals surface area contributed by atoms with E-state index in [1.807, 2.05) is 93.0 Å². The van der Waals surface area contributed by atoms with Crippen molar-refractivity contribution in [2.45, 2.75) is 51.9 Å². The van der Waals surface area contributed by atoms with Crippen LogP contribution in [-0.2, 0) is 9.09 Å². The molecule has 0 aliphatic heterocycles. The summed E-state index contributed by atoms with van der Waals surface area (Å²) in [7, 11) is 2.20. The van der Waals surface area contributed by atoms with E-state index in [0.29, 0.717) is 17.8 Å². The van der Waals surface area contributed by atoms with E-state index in [4.69, 9.17) is 9.26 Å². The maximum Gasteiger partial charge on any atom is 0.258 e. The van der Waals surface area contributed by atoms with E-state index in [0.717, 1.165) is 40.8 Å². The number of hydrogen-bond acceptors (Lipinski definition) is 5. The molecule has 1 N–H and O–H groups in total. The minimum absolute atomic E-state index is 0.0727. The molecule has 1 aliphatic carbocycles. The van der Waals surface area contributed by atoms with Crippen LogP contribution in [0, 0.1) is 17.8 Å². The number of rotatable bonds is 10. The fourth-order valence-electron chi connectivity index (χ4n) is 5.51. The molecule has 6 heteroatoms. The highest BCUT2D eigenvalue weighted by molar-refractivity contribution is 7.67. The smallest absolute Gasteiger partial charge is 0.258 e. The minimum atomic E-state index is -3.49. The van der Waals surface area contributed by atoms with Gasteiger partial charge in [0.25, 0.3) is 7.37 Å². The average molecular weight is 535 g/mol. The van der Waals surface area contributed by atoms with Crippen molar-refractivity contribution in [3.05, 3.63) is 84.4 Å². The second kappa shape index (κ2) is 12.4. The molecule has 5 atom stereocenters. The van der Waals surface area contributed by atoms with Gasteiger partial charge in [0.2, 0.25) is 0 Å². The lowest BCUT2D eigenvalue weighted by Gasteiger charge is -2.41. The molecule has 1 saturated carbocycles. The highest BCUT2D eigenvalue weighted by atomic mass is 31.2. The molecule has 0 spiro atoms. The molecule has 5 nitrogen and oxygen atoms in total. The minimum Gasteiger partial charge on any atom is -0.497 e. The summed E-state index contributed by atoms with van der Waals surface area (Å²) in [5.41, 5.74) is 2.86. The zero-order valence-electron chi connectivity index (χ0n) is 23.6. The SMILES string of the molecule is COc1ccc([C@@H](Nc2ccccc2)[P@@](=O)(O[C@@H]2C[C@H](C)CC[C@H]2C(C)C)c2ccc(N(C)C)cc2)cc1. The summed E-state index contributed by atoms with van der Waals surface area (Å²) < 4.78 is 28.0. The Hall–Kier alpha value is -2.75. The number of hydrogen-bond donors (Lipinski definition) is 1. The molecule has 0 bridgehead atoms. The number of benzene rings is 3. The molecule has 204 valence electrons.